The lowest BCUT2D eigenvalue weighted by Gasteiger charge is -2.06. The van der Waals surface area contributed by atoms with Gasteiger partial charge in [-0.05, 0) is 36.8 Å². The smallest absolute Gasteiger partial charge is 0.295 e. The Hall–Kier alpha value is -3.26. The minimum atomic E-state index is -4.36. The van der Waals surface area contributed by atoms with E-state index in [1.165, 1.54) is 30.4 Å². The van der Waals surface area contributed by atoms with Crippen LogP contribution in [0.2, 0.25) is 0 Å². The number of hydrogen-bond donors (Lipinski definition) is 1. The van der Waals surface area contributed by atoms with Crippen LogP contribution < -0.4 is 5.43 Å². The van der Waals surface area contributed by atoms with Crippen molar-refractivity contribution in [2.24, 2.45) is 5.10 Å². The highest BCUT2D eigenvalue weighted by Gasteiger charge is 2.30. The van der Waals surface area contributed by atoms with Crippen LogP contribution >= 0.6 is 11.3 Å². The summed E-state index contributed by atoms with van der Waals surface area (Å²) >= 11 is 1.29. The maximum Gasteiger partial charge on any atom is 0.416 e. The lowest BCUT2D eigenvalue weighted by Crippen LogP contribution is -2.03. The Kier molecular flexibility index (Phi) is 6.23. The zero-order chi connectivity index (χ0) is 20.9. The quantitative estimate of drug-likeness (QED) is 0.299. The molecule has 4 nitrogen and oxygen atoms in total. The third-order valence-electron chi connectivity index (χ3n) is 3.91. The number of alkyl halides is 3. The lowest BCUT2D eigenvalue weighted by molar-refractivity contribution is -0.137. The summed E-state index contributed by atoms with van der Waals surface area (Å²) in [5, 5.41) is 6.29. The molecule has 0 bridgehead atoms. The van der Waals surface area contributed by atoms with Crippen molar-refractivity contribution in [3.63, 3.8) is 0 Å². The second-order valence-electron chi connectivity index (χ2n) is 6.04. The molecule has 0 aliphatic carbocycles. The number of carbonyl (C=O) groups is 1. The standard InChI is InChI=1S/C21H16F3N3OS/c1-14(28)17-6-2-4-15(12-17)5-3-11-25-27-20-26-19(13-29-20)16-7-9-18(10-8-16)21(22,23)24/h2-13H,1H3,(H,26,27)/b5-3+,25-11?. The van der Waals surface area contributed by atoms with Crippen LogP contribution in [0, 0.1) is 0 Å². The summed E-state index contributed by atoms with van der Waals surface area (Å²) in [7, 11) is 0. The highest BCUT2D eigenvalue weighted by molar-refractivity contribution is 7.14. The van der Waals surface area contributed by atoms with Gasteiger partial charge in [0.1, 0.15) is 0 Å². The maximum atomic E-state index is 12.6. The molecule has 8 heteroatoms. The Bertz CT molecular complexity index is 1050. The molecule has 0 fully saturated rings. The average Bonchev–Trinajstić information content (AvgIpc) is 3.16. The Morgan fingerprint density at radius 3 is 2.62 bits per heavy atom. The third kappa shape index (κ3) is 5.61. The molecule has 1 N–H and O–H groups in total. The second kappa shape index (κ2) is 8.83. The van der Waals surface area contributed by atoms with E-state index in [2.05, 4.69) is 15.5 Å². The van der Waals surface area contributed by atoms with E-state index in [-0.39, 0.29) is 5.78 Å². The number of nitrogens with one attached hydrogen (secondary N) is 1. The molecule has 1 aromatic heterocycles. The summed E-state index contributed by atoms with van der Waals surface area (Å²) < 4.78 is 37.9. The first kappa shape index (κ1) is 20.5. The molecule has 0 aliphatic heterocycles. The molecule has 0 amide bonds. The SMILES string of the molecule is CC(=O)c1cccc(/C=C/C=NNc2nc(-c3ccc(C(F)(F)F)cc3)cs2)c1. The number of ketones is 1. The van der Waals surface area contributed by atoms with E-state index in [1.807, 2.05) is 18.2 Å². The van der Waals surface area contributed by atoms with Crippen LogP contribution in [0.5, 0.6) is 0 Å². The fourth-order valence-corrected chi connectivity index (χ4v) is 3.11. The highest BCUT2D eigenvalue weighted by atomic mass is 32.1. The van der Waals surface area contributed by atoms with E-state index in [1.54, 1.807) is 29.8 Å². The first-order valence-electron chi connectivity index (χ1n) is 8.53. The second-order valence-corrected chi connectivity index (χ2v) is 6.90. The Balaban J connectivity index is 1.59. The van der Waals surface area contributed by atoms with Crippen molar-refractivity contribution in [2.45, 2.75) is 13.1 Å². The summed E-state index contributed by atoms with van der Waals surface area (Å²) in [6.45, 7) is 1.52. The summed E-state index contributed by atoms with van der Waals surface area (Å²) in [6.07, 6.45) is 0.715. The number of aromatic nitrogens is 1. The zero-order valence-corrected chi connectivity index (χ0v) is 16.1. The molecule has 0 saturated carbocycles. The Morgan fingerprint density at radius 2 is 1.93 bits per heavy atom. The van der Waals surface area contributed by atoms with Gasteiger partial charge in [0.25, 0.3) is 0 Å². The van der Waals surface area contributed by atoms with Gasteiger partial charge >= 0.3 is 6.18 Å². The van der Waals surface area contributed by atoms with Crippen molar-refractivity contribution < 1.29 is 18.0 Å². The summed E-state index contributed by atoms with van der Waals surface area (Å²) in [4.78, 5) is 15.7. The van der Waals surface area contributed by atoms with Gasteiger partial charge in [-0.2, -0.15) is 18.3 Å². The highest BCUT2D eigenvalue weighted by Crippen LogP contribution is 2.31. The number of thiazole rings is 1. The van der Waals surface area contributed by atoms with Crippen LogP contribution in [0.4, 0.5) is 18.3 Å². The summed E-state index contributed by atoms with van der Waals surface area (Å²) in [6, 6.07) is 12.1. The van der Waals surface area contributed by atoms with Gasteiger partial charge in [-0.3, -0.25) is 10.2 Å². The number of benzene rings is 2. The fourth-order valence-electron chi connectivity index (χ4n) is 2.44. The van der Waals surface area contributed by atoms with Crippen molar-refractivity contribution >= 4 is 34.5 Å². The largest absolute Gasteiger partial charge is 0.416 e. The molecule has 148 valence electrons. The van der Waals surface area contributed by atoms with Gasteiger partial charge in [-0.15, -0.1) is 11.3 Å². The van der Waals surface area contributed by atoms with Crippen molar-refractivity contribution in [1.82, 2.24) is 4.98 Å². The monoisotopic (exact) mass is 415 g/mol. The topological polar surface area (TPSA) is 54.4 Å². The number of anilines is 1. The van der Waals surface area contributed by atoms with E-state index < -0.39 is 11.7 Å². The van der Waals surface area contributed by atoms with E-state index in [0.717, 1.165) is 17.7 Å². The number of nitrogens with zero attached hydrogens (tertiary/aromatic N) is 2. The maximum absolute atomic E-state index is 12.6. The van der Waals surface area contributed by atoms with Crippen molar-refractivity contribution in [2.75, 3.05) is 5.43 Å². The Morgan fingerprint density at radius 1 is 1.17 bits per heavy atom. The van der Waals surface area contributed by atoms with Crippen LogP contribution in [-0.4, -0.2) is 17.0 Å². The Labute approximate surface area is 169 Å². The molecule has 0 unspecified atom stereocenters. The van der Waals surface area contributed by atoms with Crippen LogP contribution in [0.3, 0.4) is 0 Å². The number of carbonyl (C=O) groups excluding carboxylic acids is 1. The predicted molar refractivity (Wildman–Crippen MR) is 110 cm³/mol. The number of allylic oxidation sites excluding steroid dienone is 1. The third-order valence-corrected chi connectivity index (χ3v) is 4.66. The number of hydrazone groups is 1. The van der Waals surface area contributed by atoms with Crippen LogP contribution in [0.15, 0.2) is 65.1 Å². The van der Waals surface area contributed by atoms with Crippen LogP contribution in [0.25, 0.3) is 17.3 Å². The van der Waals surface area contributed by atoms with Crippen molar-refractivity contribution in [3.8, 4) is 11.3 Å². The average molecular weight is 415 g/mol. The van der Waals surface area contributed by atoms with Gasteiger partial charge in [-0.1, -0.05) is 36.4 Å². The van der Waals surface area contributed by atoms with Gasteiger partial charge in [0, 0.05) is 22.7 Å². The molecule has 29 heavy (non-hydrogen) atoms. The molecule has 0 atom stereocenters. The van der Waals surface area contributed by atoms with E-state index in [9.17, 15) is 18.0 Å². The predicted octanol–water partition coefficient (Wildman–Crippen LogP) is 6.14. The summed E-state index contributed by atoms with van der Waals surface area (Å²) in [5.41, 5.74) is 4.76. The minimum absolute atomic E-state index is 0.00297. The van der Waals surface area contributed by atoms with Crippen molar-refractivity contribution in [1.29, 1.82) is 0 Å². The van der Waals surface area contributed by atoms with Crippen LogP contribution in [-0.2, 0) is 6.18 Å². The van der Waals surface area contributed by atoms with Gasteiger partial charge < -0.3 is 0 Å². The van der Waals surface area contributed by atoms with Crippen LogP contribution in [0.1, 0.15) is 28.4 Å². The molecule has 3 rings (SSSR count). The number of Topliss-reactive ketones (excluding diaryl/α,β-unsaturated/α-hetero) is 1. The van der Waals surface area contributed by atoms with Crippen molar-refractivity contribution in [3.05, 3.63) is 76.7 Å². The molecule has 0 saturated heterocycles. The number of hydrogen-bond acceptors (Lipinski definition) is 5. The minimum Gasteiger partial charge on any atom is -0.295 e. The molecular formula is C21H16F3N3OS. The van der Waals surface area contributed by atoms with Gasteiger partial charge in [0.15, 0.2) is 5.78 Å². The molecular weight excluding hydrogens is 399 g/mol. The molecule has 2 aromatic carbocycles. The van der Waals surface area contributed by atoms with Gasteiger partial charge in [0.2, 0.25) is 5.13 Å². The van der Waals surface area contributed by atoms with E-state index in [0.29, 0.717) is 22.0 Å². The molecule has 0 radical (unpaired) electrons. The zero-order valence-electron chi connectivity index (χ0n) is 15.3. The van der Waals surface area contributed by atoms with Gasteiger partial charge in [-0.25, -0.2) is 4.98 Å². The molecule has 0 spiro atoms. The molecule has 0 aliphatic rings. The fraction of sp³-hybridized carbons (Fsp3) is 0.0952. The first-order valence-corrected chi connectivity index (χ1v) is 9.41. The normalized spacial score (nSPS) is 12.0. The van der Waals surface area contributed by atoms with Gasteiger partial charge in [0.05, 0.1) is 11.3 Å². The molecule has 3 aromatic rings. The van der Waals surface area contributed by atoms with E-state index >= 15 is 0 Å². The number of halogens is 3. The summed E-state index contributed by atoms with van der Waals surface area (Å²) in [5.74, 6) is 0.00297. The lowest BCUT2D eigenvalue weighted by atomic mass is 10.1. The van der Waals surface area contributed by atoms with E-state index in [4.69, 9.17) is 0 Å². The first-order chi connectivity index (χ1) is 13.8. The molecule has 1 heterocycles. The number of rotatable bonds is 6.